The second-order valence-electron chi connectivity index (χ2n) is 5.90. The number of hydrogen-bond acceptors (Lipinski definition) is 6. The van der Waals surface area contributed by atoms with Crippen LogP contribution in [0.2, 0.25) is 0 Å². The number of H-pyrrole nitrogens is 1. The van der Waals surface area contributed by atoms with Crippen molar-refractivity contribution in [2.24, 2.45) is 0 Å². The van der Waals surface area contributed by atoms with Crippen LogP contribution >= 0.6 is 0 Å². The second-order valence-corrected chi connectivity index (χ2v) is 5.90. The van der Waals surface area contributed by atoms with E-state index in [1.54, 1.807) is 6.20 Å². The first kappa shape index (κ1) is 16.1. The molecule has 2 N–H and O–H groups in total. The molecule has 0 unspecified atom stereocenters. The largest absolute Gasteiger partial charge is 0.360 e. The zero-order chi connectivity index (χ0) is 16.6. The molecule has 1 aromatic heterocycles. The minimum absolute atomic E-state index is 0.281. The summed E-state index contributed by atoms with van der Waals surface area (Å²) in [5, 5.41) is 25.6. The topological polar surface area (TPSA) is 93.5 Å². The van der Waals surface area contributed by atoms with Crippen molar-refractivity contribution in [3.8, 4) is 6.07 Å². The van der Waals surface area contributed by atoms with Crippen LogP contribution in [0.1, 0.15) is 30.7 Å². The number of likely N-dealkylation sites (tertiary alicyclic amines) is 1. The van der Waals surface area contributed by atoms with E-state index in [9.17, 15) is 0 Å². The maximum Gasteiger partial charge on any atom is 0.216 e. The smallest absolute Gasteiger partial charge is 0.216 e. The van der Waals surface area contributed by atoms with Gasteiger partial charge in [-0.3, -0.25) is 0 Å². The van der Waals surface area contributed by atoms with Gasteiger partial charge in [0.25, 0.3) is 0 Å². The van der Waals surface area contributed by atoms with E-state index in [1.807, 2.05) is 12.1 Å². The highest BCUT2D eigenvalue weighted by atomic mass is 15.5. The highest BCUT2D eigenvalue weighted by Gasteiger charge is 2.09. The Bertz CT molecular complexity index is 692. The number of rotatable bonds is 6. The Morgan fingerprint density at radius 1 is 1.25 bits per heavy atom. The summed E-state index contributed by atoms with van der Waals surface area (Å²) < 4.78 is 0. The Hall–Kier alpha value is -2.72. The summed E-state index contributed by atoms with van der Waals surface area (Å²) in [6.45, 7) is 3.60. The van der Waals surface area contributed by atoms with Gasteiger partial charge in [0.05, 0.1) is 0 Å². The number of nitrogens with zero attached hydrogens (tertiary/aromatic N) is 5. The number of aromatic nitrogens is 4. The van der Waals surface area contributed by atoms with E-state index in [2.05, 4.69) is 49.0 Å². The average Bonchev–Trinajstić information content (AvgIpc) is 3.17. The van der Waals surface area contributed by atoms with Crippen LogP contribution in [-0.2, 0) is 6.42 Å². The molecule has 2 heterocycles. The van der Waals surface area contributed by atoms with Crippen LogP contribution < -0.4 is 5.32 Å². The SMILES string of the molecule is N#CC(=CNc1ccc(CCN2CCCCC2)cc1)c1nn[nH]n1. The van der Waals surface area contributed by atoms with Crippen LogP contribution in [0.25, 0.3) is 5.57 Å². The fourth-order valence-corrected chi connectivity index (χ4v) is 2.82. The fraction of sp³-hybridized carbons (Fsp3) is 0.412. The van der Waals surface area contributed by atoms with Crippen molar-refractivity contribution in [2.75, 3.05) is 25.0 Å². The number of tetrazole rings is 1. The molecule has 3 rings (SSSR count). The first-order chi connectivity index (χ1) is 11.8. The molecule has 0 atom stereocenters. The molecule has 7 nitrogen and oxygen atoms in total. The monoisotopic (exact) mass is 323 g/mol. The Labute approximate surface area is 141 Å². The molecule has 0 aliphatic carbocycles. The molecular formula is C17H21N7. The molecule has 0 radical (unpaired) electrons. The predicted molar refractivity (Wildman–Crippen MR) is 91.8 cm³/mol. The van der Waals surface area contributed by atoms with Gasteiger partial charge in [0, 0.05) is 18.4 Å². The molecule has 1 fully saturated rings. The zero-order valence-electron chi connectivity index (χ0n) is 13.6. The molecule has 124 valence electrons. The van der Waals surface area contributed by atoms with E-state index < -0.39 is 0 Å². The number of aromatic amines is 1. The molecule has 1 aliphatic rings. The van der Waals surface area contributed by atoms with Crippen molar-refractivity contribution in [1.82, 2.24) is 25.5 Å². The summed E-state index contributed by atoms with van der Waals surface area (Å²) in [5.74, 6) is 0.281. The van der Waals surface area contributed by atoms with Gasteiger partial charge in [-0.15, -0.1) is 10.2 Å². The van der Waals surface area contributed by atoms with Crippen LogP contribution in [0, 0.1) is 11.3 Å². The van der Waals surface area contributed by atoms with Crippen LogP contribution in [0.15, 0.2) is 30.5 Å². The lowest BCUT2D eigenvalue weighted by atomic mass is 10.1. The lowest BCUT2D eigenvalue weighted by Crippen LogP contribution is -2.31. The minimum atomic E-state index is 0.281. The van der Waals surface area contributed by atoms with Crippen LogP contribution in [0.3, 0.4) is 0 Å². The van der Waals surface area contributed by atoms with E-state index in [-0.39, 0.29) is 5.82 Å². The van der Waals surface area contributed by atoms with Crippen molar-refractivity contribution in [3.05, 3.63) is 41.9 Å². The third kappa shape index (κ3) is 4.40. The van der Waals surface area contributed by atoms with Gasteiger partial charge in [0.15, 0.2) is 0 Å². The van der Waals surface area contributed by atoms with Crippen LogP contribution in [-0.4, -0.2) is 45.2 Å². The number of nitriles is 1. The number of anilines is 1. The molecule has 0 bridgehead atoms. The van der Waals surface area contributed by atoms with Gasteiger partial charge in [-0.1, -0.05) is 18.6 Å². The third-order valence-electron chi connectivity index (χ3n) is 4.21. The molecule has 1 aliphatic heterocycles. The number of hydrogen-bond donors (Lipinski definition) is 2. The van der Waals surface area contributed by atoms with E-state index in [0.29, 0.717) is 5.57 Å². The summed E-state index contributed by atoms with van der Waals surface area (Å²) in [5.41, 5.74) is 2.58. The lowest BCUT2D eigenvalue weighted by Gasteiger charge is -2.26. The first-order valence-electron chi connectivity index (χ1n) is 8.27. The van der Waals surface area contributed by atoms with E-state index >= 15 is 0 Å². The van der Waals surface area contributed by atoms with Crippen molar-refractivity contribution < 1.29 is 0 Å². The number of allylic oxidation sites excluding steroid dienone is 1. The molecule has 0 spiro atoms. The molecular weight excluding hydrogens is 302 g/mol. The van der Waals surface area contributed by atoms with Gasteiger partial charge < -0.3 is 10.2 Å². The molecule has 2 aromatic rings. The summed E-state index contributed by atoms with van der Waals surface area (Å²) in [6.07, 6.45) is 6.70. The van der Waals surface area contributed by atoms with Crippen LogP contribution in [0.4, 0.5) is 5.69 Å². The minimum Gasteiger partial charge on any atom is -0.360 e. The van der Waals surface area contributed by atoms with Gasteiger partial charge in [-0.25, -0.2) is 0 Å². The zero-order valence-corrected chi connectivity index (χ0v) is 13.6. The van der Waals surface area contributed by atoms with E-state index in [4.69, 9.17) is 5.26 Å². The molecule has 7 heteroatoms. The predicted octanol–water partition coefficient (Wildman–Crippen LogP) is 2.20. The number of nitrogens with one attached hydrogen (secondary N) is 2. The van der Waals surface area contributed by atoms with Gasteiger partial charge >= 0.3 is 0 Å². The van der Waals surface area contributed by atoms with Gasteiger partial charge in [-0.05, 0) is 55.3 Å². The van der Waals surface area contributed by atoms with Crippen molar-refractivity contribution in [1.29, 1.82) is 5.26 Å². The highest BCUT2D eigenvalue weighted by Crippen LogP contribution is 2.14. The highest BCUT2D eigenvalue weighted by molar-refractivity contribution is 5.73. The fourth-order valence-electron chi connectivity index (χ4n) is 2.82. The van der Waals surface area contributed by atoms with Crippen molar-refractivity contribution in [3.63, 3.8) is 0 Å². The maximum absolute atomic E-state index is 9.13. The average molecular weight is 323 g/mol. The molecule has 0 amide bonds. The van der Waals surface area contributed by atoms with E-state index in [0.717, 1.165) is 18.7 Å². The van der Waals surface area contributed by atoms with Crippen molar-refractivity contribution >= 4 is 11.3 Å². The summed E-state index contributed by atoms with van der Waals surface area (Å²) in [4.78, 5) is 2.54. The normalized spacial score (nSPS) is 15.9. The Kier molecular flexibility index (Phi) is 5.53. The number of piperidine rings is 1. The van der Waals surface area contributed by atoms with Gasteiger partial charge in [0.1, 0.15) is 11.6 Å². The van der Waals surface area contributed by atoms with Gasteiger partial charge in [0.2, 0.25) is 5.82 Å². The van der Waals surface area contributed by atoms with Gasteiger partial charge in [-0.2, -0.15) is 10.5 Å². The quantitative estimate of drug-likeness (QED) is 0.792. The standard InChI is InChI=1S/C17H21N7/c18-12-15(17-20-22-23-21-17)13-19-16-6-4-14(5-7-16)8-11-24-9-2-1-3-10-24/h4-7,13,19H,1-3,8-11H2,(H,20,21,22,23). The Morgan fingerprint density at radius 3 is 2.71 bits per heavy atom. The third-order valence-corrected chi connectivity index (χ3v) is 4.21. The summed E-state index contributed by atoms with van der Waals surface area (Å²) >= 11 is 0. The molecule has 1 aromatic carbocycles. The summed E-state index contributed by atoms with van der Waals surface area (Å²) in [6, 6.07) is 10.3. The van der Waals surface area contributed by atoms with E-state index in [1.165, 1.54) is 37.9 Å². The lowest BCUT2D eigenvalue weighted by molar-refractivity contribution is 0.231. The molecule has 1 saturated heterocycles. The maximum atomic E-state index is 9.13. The van der Waals surface area contributed by atoms with Crippen molar-refractivity contribution in [2.45, 2.75) is 25.7 Å². The van der Waals surface area contributed by atoms with Crippen LogP contribution in [0.5, 0.6) is 0 Å². The number of benzene rings is 1. The Morgan fingerprint density at radius 2 is 2.04 bits per heavy atom. The Balaban J connectivity index is 1.53. The summed E-state index contributed by atoms with van der Waals surface area (Å²) in [7, 11) is 0. The molecule has 0 saturated carbocycles. The second kappa shape index (κ2) is 8.22. The first-order valence-corrected chi connectivity index (χ1v) is 8.27. The molecule has 24 heavy (non-hydrogen) atoms.